The summed E-state index contributed by atoms with van der Waals surface area (Å²) >= 11 is 3.55. The summed E-state index contributed by atoms with van der Waals surface area (Å²) in [4.78, 5) is 0. The zero-order chi connectivity index (χ0) is 14.3. The van der Waals surface area contributed by atoms with E-state index in [1.54, 1.807) is 0 Å². The van der Waals surface area contributed by atoms with Crippen LogP contribution in [0.4, 0.5) is 0 Å². The number of rotatable bonds is 8. The number of benzene rings is 1. The van der Waals surface area contributed by atoms with E-state index < -0.39 is 6.10 Å². The Kier molecular flexibility index (Phi) is 7.47. The molecule has 0 bridgehead atoms. The lowest BCUT2D eigenvalue weighted by atomic mass is 9.88. The van der Waals surface area contributed by atoms with Gasteiger partial charge in [0.05, 0.1) is 12.7 Å². The Morgan fingerprint density at radius 1 is 1.16 bits per heavy atom. The van der Waals surface area contributed by atoms with E-state index in [1.165, 1.54) is 0 Å². The molecular formula is C16H25BrO2. The van der Waals surface area contributed by atoms with Crippen LogP contribution < -0.4 is 4.74 Å². The summed E-state index contributed by atoms with van der Waals surface area (Å²) in [5.74, 6) is 1.18. The number of aliphatic hydroxyl groups excluding tert-OH is 1. The molecule has 1 atom stereocenters. The Morgan fingerprint density at radius 3 is 2.26 bits per heavy atom. The average Bonchev–Trinajstić information content (AvgIpc) is 2.38. The summed E-state index contributed by atoms with van der Waals surface area (Å²) in [6.45, 7) is 6.96. The SMILES string of the molecule is CCCC(CCC)C(O)c1ccc(OCC)cc1Br. The Bertz CT molecular complexity index is 373. The van der Waals surface area contributed by atoms with Crippen LogP contribution in [-0.2, 0) is 0 Å². The van der Waals surface area contributed by atoms with Crippen molar-refractivity contribution in [1.82, 2.24) is 0 Å². The third-order valence-electron chi connectivity index (χ3n) is 3.37. The molecule has 2 nitrogen and oxygen atoms in total. The van der Waals surface area contributed by atoms with E-state index in [0.29, 0.717) is 12.5 Å². The normalized spacial score (nSPS) is 12.7. The molecule has 1 rings (SSSR count). The predicted molar refractivity (Wildman–Crippen MR) is 83.6 cm³/mol. The third-order valence-corrected chi connectivity index (χ3v) is 4.05. The van der Waals surface area contributed by atoms with Gasteiger partial charge in [-0.05, 0) is 43.4 Å². The van der Waals surface area contributed by atoms with Gasteiger partial charge in [0.25, 0.3) is 0 Å². The molecule has 108 valence electrons. The molecule has 1 aromatic carbocycles. The zero-order valence-corrected chi connectivity index (χ0v) is 13.7. The van der Waals surface area contributed by atoms with E-state index >= 15 is 0 Å². The minimum absolute atomic E-state index is 0.337. The molecule has 3 heteroatoms. The van der Waals surface area contributed by atoms with Crippen molar-refractivity contribution in [3.63, 3.8) is 0 Å². The van der Waals surface area contributed by atoms with Crippen LogP contribution >= 0.6 is 15.9 Å². The van der Waals surface area contributed by atoms with Crippen molar-refractivity contribution in [2.24, 2.45) is 5.92 Å². The molecule has 0 heterocycles. The van der Waals surface area contributed by atoms with Crippen molar-refractivity contribution in [3.8, 4) is 5.75 Å². The van der Waals surface area contributed by atoms with E-state index in [1.807, 2.05) is 25.1 Å². The van der Waals surface area contributed by atoms with Crippen LogP contribution in [0.15, 0.2) is 22.7 Å². The number of hydrogen-bond acceptors (Lipinski definition) is 2. The summed E-state index contributed by atoms with van der Waals surface area (Å²) in [7, 11) is 0. The van der Waals surface area contributed by atoms with Crippen LogP contribution in [0.2, 0.25) is 0 Å². The van der Waals surface area contributed by atoms with Crippen LogP contribution in [0, 0.1) is 5.92 Å². The van der Waals surface area contributed by atoms with Crippen LogP contribution in [0.5, 0.6) is 5.75 Å². The van der Waals surface area contributed by atoms with Gasteiger partial charge in [-0.15, -0.1) is 0 Å². The summed E-state index contributed by atoms with van der Waals surface area (Å²) in [5.41, 5.74) is 0.968. The first-order valence-corrected chi connectivity index (χ1v) is 8.03. The lowest BCUT2D eigenvalue weighted by molar-refractivity contribution is 0.0957. The Morgan fingerprint density at radius 2 is 1.79 bits per heavy atom. The molecule has 0 aliphatic rings. The van der Waals surface area contributed by atoms with E-state index in [2.05, 4.69) is 29.8 Å². The first kappa shape index (κ1) is 16.5. The van der Waals surface area contributed by atoms with Gasteiger partial charge >= 0.3 is 0 Å². The molecule has 1 unspecified atom stereocenters. The molecule has 0 saturated carbocycles. The van der Waals surface area contributed by atoms with Crippen molar-refractivity contribution in [3.05, 3.63) is 28.2 Å². The fourth-order valence-corrected chi connectivity index (χ4v) is 3.05. The fraction of sp³-hybridized carbons (Fsp3) is 0.625. The first-order valence-electron chi connectivity index (χ1n) is 7.24. The highest BCUT2D eigenvalue weighted by molar-refractivity contribution is 9.10. The van der Waals surface area contributed by atoms with Gasteiger partial charge in [0.2, 0.25) is 0 Å². The second-order valence-electron chi connectivity index (χ2n) is 4.90. The Labute approximate surface area is 125 Å². The maximum atomic E-state index is 10.6. The predicted octanol–water partition coefficient (Wildman–Crippen LogP) is 5.10. The van der Waals surface area contributed by atoms with Crippen molar-refractivity contribution in [2.75, 3.05) is 6.61 Å². The number of hydrogen-bond donors (Lipinski definition) is 1. The molecule has 0 aliphatic heterocycles. The molecule has 0 spiro atoms. The van der Waals surface area contributed by atoms with E-state index in [0.717, 1.165) is 41.5 Å². The molecular weight excluding hydrogens is 304 g/mol. The molecule has 1 aromatic rings. The minimum Gasteiger partial charge on any atom is -0.494 e. The highest BCUT2D eigenvalue weighted by Crippen LogP contribution is 2.35. The Balaban J connectivity index is 2.87. The molecule has 19 heavy (non-hydrogen) atoms. The minimum atomic E-state index is -0.398. The van der Waals surface area contributed by atoms with Gasteiger partial charge in [-0.2, -0.15) is 0 Å². The highest BCUT2D eigenvalue weighted by atomic mass is 79.9. The van der Waals surface area contributed by atoms with Gasteiger partial charge in [-0.3, -0.25) is 0 Å². The molecule has 0 saturated heterocycles. The molecule has 0 aromatic heterocycles. The summed E-state index contributed by atoms with van der Waals surface area (Å²) in [5, 5.41) is 10.6. The topological polar surface area (TPSA) is 29.5 Å². The lowest BCUT2D eigenvalue weighted by Crippen LogP contribution is -2.13. The number of ether oxygens (including phenoxy) is 1. The van der Waals surface area contributed by atoms with E-state index in [4.69, 9.17) is 4.74 Å². The van der Waals surface area contributed by atoms with Gasteiger partial charge in [0.15, 0.2) is 0 Å². The van der Waals surface area contributed by atoms with E-state index in [-0.39, 0.29) is 0 Å². The van der Waals surface area contributed by atoms with Gasteiger partial charge < -0.3 is 9.84 Å². The van der Waals surface area contributed by atoms with Crippen LogP contribution in [-0.4, -0.2) is 11.7 Å². The quantitative estimate of drug-likeness (QED) is 0.719. The van der Waals surface area contributed by atoms with Crippen LogP contribution in [0.1, 0.15) is 58.1 Å². The largest absolute Gasteiger partial charge is 0.494 e. The van der Waals surface area contributed by atoms with Crippen LogP contribution in [0.25, 0.3) is 0 Å². The number of aliphatic hydroxyl groups is 1. The van der Waals surface area contributed by atoms with Crippen LogP contribution in [0.3, 0.4) is 0 Å². The molecule has 0 radical (unpaired) electrons. The fourth-order valence-electron chi connectivity index (χ4n) is 2.46. The van der Waals surface area contributed by atoms with Crippen molar-refractivity contribution >= 4 is 15.9 Å². The zero-order valence-electron chi connectivity index (χ0n) is 12.2. The summed E-state index contributed by atoms with van der Waals surface area (Å²) < 4.78 is 6.40. The Hall–Kier alpha value is -0.540. The standard InChI is InChI=1S/C16H25BrO2/c1-4-7-12(8-5-2)16(18)14-10-9-13(19-6-3)11-15(14)17/h9-12,16,18H,4-8H2,1-3H3. The lowest BCUT2D eigenvalue weighted by Gasteiger charge is -2.23. The summed E-state index contributed by atoms with van der Waals surface area (Å²) in [6.07, 6.45) is 3.95. The van der Waals surface area contributed by atoms with Gasteiger partial charge in [-0.25, -0.2) is 0 Å². The molecule has 0 amide bonds. The van der Waals surface area contributed by atoms with E-state index in [9.17, 15) is 5.11 Å². The van der Waals surface area contributed by atoms with Crippen molar-refractivity contribution < 1.29 is 9.84 Å². The second kappa shape index (κ2) is 8.60. The number of halogens is 1. The van der Waals surface area contributed by atoms with Gasteiger partial charge in [-0.1, -0.05) is 48.7 Å². The van der Waals surface area contributed by atoms with Gasteiger partial charge in [0, 0.05) is 4.47 Å². The molecule has 1 N–H and O–H groups in total. The molecule has 0 aliphatic carbocycles. The highest BCUT2D eigenvalue weighted by Gasteiger charge is 2.21. The van der Waals surface area contributed by atoms with Gasteiger partial charge in [0.1, 0.15) is 5.75 Å². The maximum Gasteiger partial charge on any atom is 0.120 e. The first-order chi connectivity index (χ1) is 9.13. The average molecular weight is 329 g/mol. The monoisotopic (exact) mass is 328 g/mol. The second-order valence-corrected chi connectivity index (χ2v) is 5.75. The van der Waals surface area contributed by atoms with Crippen molar-refractivity contribution in [2.45, 2.75) is 52.6 Å². The smallest absolute Gasteiger partial charge is 0.120 e. The summed E-state index contributed by atoms with van der Waals surface area (Å²) in [6, 6.07) is 5.84. The van der Waals surface area contributed by atoms with Crippen molar-refractivity contribution in [1.29, 1.82) is 0 Å². The maximum absolute atomic E-state index is 10.6. The third kappa shape index (κ3) is 4.81. The molecule has 0 fully saturated rings.